The SMILES string of the molecule is COc1ccc(CCOc2cc3c(OCC4CCCN4c4ncnc5[nH]cnc45)ccc(CCc4ccc(OC)cc4)c3cc2C(=O)N(C)C)cc1. The molecule has 7 rings (SSSR count). The minimum atomic E-state index is -0.120. The third-order valence-corrected chi connectivity index (χ3v) is 9.73. The number of anilines is 1. The maximum Gasteiger partial charge on any atom is 0.257 e. The van der Waals surface area contributed by atoms with E-state index < -0.39 is 0 Å². The number of ether oxygens (including phenoxy) is 4. The van der Waals surface area contributed by atoms with Crippen molar-refractivity contribution < 1.29 is 23.7 Å². The number of hydrogen-bond acceptors (Lipinski definition) is 9. The number of nitrogens with one attached hydrogen (secondary N) is 1. The fourth-order valence-corrected chi connectivity index (χ4v) is 6.85. The lowest BCUT2D eigenvalue weighted by atomic mass is 9.95. The van der Waals surface area contributed by atoms with Gasteiger partial charge in [-0.25, -0.2) is 15.0 Å². The van der Waals surface area contributed by atoms with Crippen molar-refractivity contribution in [3.63, 3.8) is 0 Å². The lowest BCUT2D eigenvalue weighted by Crippen LogP contribution is -2.35. The zero-order chi connectivity index (χ0) is 36.0. The first-order valence-corrected chi connectivity index (χ1v) is 17.6. The average Bonchev–Trinajstić information content (AvgIpc) is 3.86. The van der Waals surface area contributed by atoms with Gasteiger partial charge in [0, 0.05) is 32.4 Å². The summed E-state index contributed by atoms with van der Waals surface area (Å²) in [6, 6.07) is 24.3. The quantitative estimate of drug-likeness (QED) is 0.133. The summed E-state index contributed by atoms with van der Waals surface area (Å²) in [7, 11) is 6.86. The maximum atomic E-state index is 13.7. The molecule has 52 heavy (non-hydrogen) atoms. The van der Waals surface area contributed by atoms with Gasteiger partial charge in [-0.1, -0.05) is 30.3 Å². The number of fused-ring (bicyclic) bond motifs is 2. The highest BCUT2D eigenvalue weighted by Crippen LogP contribution is 2.37. The molecule has 1 aliphatic heterocycles. The summed E-state index contributed by atoms with van der Waals surface area (Å²) in [6.07, 6.45) is 7.50. The zero-order valence-electron chi connectivity index (χ0n) is 30.1. The summed E-state index contributed by atoms with van der Waals surface area (Å²) < 4.78 is 23.8. The normalized spacial score (nSPS) is 14.2. The van der Waals surface area contributed by atoms with Crippen molar-refractivity contribution in [3.8, 4) is 23.0 Å². The summed E-state index contributed by atoms with van der Waals surface area (Å²) in [6.45, 7) is 1.72. The number of nitrogens with zero attached hydrogens (tertiary/aromatic N) is 5. The molecule has 0 spiro atoms. The van der Waals surface area contributed by atoms with Crippen LogP contribution in [0, 0.1) is 0 Å². The number of methoxy groups -OCH3 is 2. The maximum absolute atomic E-state index is 13.7. The number of aromatic nitrogens is 4. The summed E-state index contributed by atoms with van der Waals surface area (Å²) in [4.78, 5) is 34.0. The van der Waals surface area contributed by atoms with Crippen LogP contribution in [0.4, 0.5) is 5.82 Å². The molecule has 0 saturated carbocycles. The van der Waals surface area contributed by atoms with E-state index in [-0.39, 0.29) is 11.9 Å². The third kappa shape index (κ3) is 7.44. The van der Waals surface area contributed by atoms with E-state index in [2.05, 4.69) is 49.1 Å². The van der Waals surface area contributed by atoms with Crippen molar-refractivity contribution in [2.75, 3.05) is 53.0 Å². The van der Waals surface area contributed by atoms with Crippen molar-refractivity contribution in [1.82, 2.24) is 24.8 Å². The minimum Gasteiger partial charge on any atom is -0.497 e. The number of aryl methyl sites for hydroxylation is 2. The molecule has 1 saturated heterocycles. The van der Waals surface area contributed by atoms with Gasteiger partial charge in [-0.15, -0.1) is 0 Å². The van der Waals surface area contributed by atoms with E-state index in [4.69, 9.17) is 18.9 Å². The second kappa shape index (κ2) is 15.6. The van der Waals surface area contributed by atoms with Crippen LogP contribution >= 0.6 is 0 Å². The Bertz CT molecular complexity index is 2150. The molecular formula is C41H44N6O5. The molecule has 0 aliphatic carbocycles. The predicted octanol–water partition coefficient (Wildman–Crippen LogP) is 6.68. The third-order valence-electron chi connectivity index (χ3n) is 9.73. The number of amides is 1. The smallest absolute Gasteiger partial charge is 0.257 e. The van der Waals surface area contributed by atoms with Gasteiger partial charge in [-0.3, -0.25) is 4.79 Å². The Morgan fingerprint density at radius 1 is 0.827 bits per heavy atom. The zero-order valence-corrected chi connectivity index (χ0v) is 30.1. The van der Waals surface area contributed by atoms with E-state index in [9.17, 15) is 4.79 Å². The number of benzene rings is 4. The van der Waals surface area contributed by atoms with Crippen molar-refractivity contribution in [2.45, 2.75) is 38.1 Å². The van der Waals surface area contributed by atoms with E-state index >= 15 is 0 Å². The van der Waals surface area contributed by atoms with Crippen LogP contribution in [0.1, 0.15) is 39.9 Å². The van der Waals surface area contributed by atoms with Gasteiger partial charge in [0.15, 0.2) is 11.5 Å². The lowest BCUT2D eigenvalue weighted by Gasteiger charge is -2.26. The molecule has 6 aromatic rings. The lowest BCUT2D eigenvalue weighted by molar-refractivity contribution is 0.0823. The number of H-pyrrole nitrogens is 1. The Balaban J connectivity index is 1.21. The Kier molecular flexibility index (Phi) is 10.4. The number of hydrogen-bond donors (Lipinski definition) is 1. The van der Waals surface area contributed by atoms with Gasteiger partial charge >= 0.3 is 0 Å². The molecule has 1 fully saturated rings. The molecule has 4 aromatic carbocycles. The molecule has 1 atom stereocenters. The van der Waals surface area contributed by atoms with Gasteiger partial charge in [-0.2, -0.15) is 0 Å². The highest BCUT2D eigenvalue weighted by atomic mass is 16.5. The highest BCUT2D eigenvalue weighted by Gasteiger charge is 2.29. The molecule has 3 heterocycles. The molecule has 2 aromatic heterocycles. The number of aromatic amines is 1. The summed E-state index contributed by atoms with van der Waals surface area (Å²) in [5, 5.41) is 1.87. The first kappa shape index (κ1) is 34.6. The molecule has 1 aliphatic rings. The van der Waals surface area contributed by atoms with Crippen molar-refractivity contribution >= 4 is 33.7 Å². The standard InChI is InChI=1S/C41H44N6O5/c1-46(2)41(48)35-22-33-29(12-7-27-8-14-31(49-3)15-9-27)13-18-36(34(33)23-37(35)51-21-19-28-10-16-32(50-4)17-11-28)52-24-30-6-5-20-47(30)40-38-39(43-25-42-38)44-26-45-40/h8-11,13-18,22-23,25-26,30H,5-7,12,19-21,24H2,1-4H3,(H,42,43,44,45). The van der Waals surface area contributed by atoms with E-state index in [1.807, 2.05) is 48.5 Å². The van der Waals surface area contributed by atoms with Crippen LogP contribution < -0.4 is 23.8 Å². The van der Waals surface area contributed by atoms with E-state index in [1.54, 1.807) is 45.9 Å². The Hall–Kier alpha value is -5.84. The van der Waals surface area contributed by atoms with Crippen LogP contribution in [-0.4, -0.2) is 84.9 Å². The first-order chi connectivity index (χ1) is 25.4. The van der Waals surface area contributed by atoms with Gasteiger partial charge < -0.3 is 33.7 Å². The monoisotopic (exact) mass is 700 g/mol. The van der Waals surface area contributed by atoms with Crippen molar-refractivity contribution in [3.05, 3.63) is 108 Å². The molecule has 0 bridgehead atoms. The van der Waals surface area contributed by atoms with Crippen molar-refractivity contribution in [1.29, 1.82) is 0 Å². The summed E-state index contributed by atoms with van der Waals surface area (Å²) >= 11 is 0. The van der Waals surface area contributed by atoms with Gasteiger partial charge in [0.05, 0.1) is 38.8 Å². The number of carbonyl (C=O) groups excluding carboxylic acids is 1. The molecular weight excluding hydrogens is 656 g/mol. The molecule has 268 valence electrons. The Labute approximate surface area is 303 Å². The highest BCUT2D eigenvalue weighted by molar-refractivity contribution is 6.03. The number of carbonyl (C=O) groups is 1. The molecule has 1 unspecified atom stereocenters. The minimum absolute atomic E-state index is 0.106. The number of imidazole rings is 1. The van der Waals surface area contributed by atoms with E-state index in [0.29, 0.717) is 30.9 Å². The molecule has 1 amide bonds. The second-order valence-electron chi connectivity index (χ2n) is 13.2. The molecule has 11 heteroatoms. The van der Waals surface area contributed by atoms with E-state index in [0.717, 1.165) is 88.4 Å². The summed E-state index contributed by atoms with van der Waals surface area (Å²) in [5.41, 5.74) is 5.44. The molecule has 11 nitrogen and oxygen atoms in total. The fourth-order valence-electron chi connectivity index (χ4n) is 6.85. The van der Waals surface area contributed by atoms with Gasteiger partial charge in [0.2, 0.25) is 0 Å². The van der Waals surface area contributed by atoms with Gasteiger partial charge in [-0.05, 0) is 90.2 Å². The fraction of sp³-hybridized carbons (Fsp3) is 0.317. The van der Waals surface area contributed by atoms with Gasteiger partial charge in [0.1, 0.15) is 41.4 Å². The largest absolute Gasteiger partial charge is 0.497 e. The van der Waals surface area contributed by atoms with Crippen LogP contribution in [0.2, 0.25) is 0 Å². The first-order valence-electron chi connectivity index (χ1n) is 17.6. The Morgan fingerprint density at radius 2 is 1.56 bits per heavy atom. The van der Waals surface area contributed by atoms with Crippen LogP contribution in [0.15, 0.2) is 85.5 Å². The topological polar surface area (TPSA) is 115 Å². The van der Waals surface area contributed by atoms with Crippen LogP contribution in [0.25, 0.3) is 21.9 Å². The van der Waals surface area contributed by atoms with Crippen LogP contribution in [0.3, 0.4) is 0 Å². The average molecular weight is 701 g/mol. The Morgan fingerprint density at radius 3 is 2.27 bits per heavy atom. The summed E-state index contributed by atoms with van der Waals surface area (Å²) in [5.74, 6) is 3.60. The van der Waals surface area contributed by atoms with Crippen LogP contribution in [0.5, 0.6) is 23.0 Å². The van der Waals surface area contributed by atoms with E-state index in [1.165, 1.54) is 5.56 Å². The number of rotatable bonds is 14. The second-order valence-corrected chi connectivity index (χ2v) is 13.2. The molecule has 1 N–H and O–H groups in total. The van der Waals surface area contributed by atoms with Gasteiger partial charge in [0.25, 0.3) is 5.91 Å². The van der Waals surface area contributed by atoms with Crippen LogP contribution in [-0.2, 0) is 19.3 Å². The predicted molar refractivity (Wildman–Crippen MR) is 202 cm³/mol. The molecule has 0 radical (unpaired) electrons. The van der Waals surface area contributed by atoms with Crippen molar-refractivity contribution in [2.24, 2.45) is 0 Å².